The molecule has 2 nitrogen and oxygen atoms in total. The van der Waals surface area contributed by atoms with Crippen molar-refractivity contribution in [2.24, 2.45) is 5.73 Å². The largest absolute Gasteiger partial charge is 0.327 e. The molecule has 108 valence electrons. The third-order valence-electron chi connectivity index (χ3n) is 3.82. The number of thiazole rings is 1. The number of benzene rings is 2. The average Bonchev–Trinajstić information content (AvgIpc) is 2.88. The molecule has 0 aliphatic heterocycles. The molecule has 0 amide bonds. The first kappa shape index (κ1) is 14.2. The number of aromatic nitrogens is 1. The number of aryl methyl sites for hydroxylation is 2. The van der Waals surface area contributed by atoms with Crippen LogP contribution in [0, 0.1) is 6.92 Å². The van der Waals surface area contributed by atoms with Gasteiger partial charge in [0.25, 0.3) is 0 Å². The molecule has 0 spiro atoms. The fourth-order valence-electron chi connectivity index (χ4n) is 2.57. The molecular formula is C18H20N2S. The van der Waals surface area contributed by atoms with Crippen LogP contribution in [0.1, 0.15) is 22.6 Å². The zero-order valence-corrected chi connectivity index (χ0v) is 13.1. The standard InChI is InChI=1S/C18H20N2S/c1-13-6-2-3-7-14(13)10-11-15(19)12-18-20-16-8-4-5-9-17(16)21-18/h2-9,15H,10-12,19H2,1H3. The van der Waals surface area contributed by atoms with Crippen molar-refractivity contribution in [3.8, 4) is 0 Å². The summed E-state index contributed by atoms with van der Waals surface area (Å²) in [7, 11) is 0. The topological polar surface area (TPSA) is 38.9 Å². The summed E-state index contributed by atoms with van der Waals surface area (Å²) in [6.07, 6.45) is 2.91. The number of nitrogens with two attached hydrogens (primary N) is 1. The smallest absolute Gasteiger partial charge is 0.0954 e. The molecule has 0 aliphatic rings. The summed E-state index contributed by atoms with van der Waals surface area (Å²) in [5, 5.41) is 1.15. The van der Waals surface area contributed by atoms with Crippen LogP contribution in [-0.4, -0.2) is 11.0 Å². The van der Waals surface area contributed by atoms with E-state index in [0.29, 0.717) is 0 Å². The molecule has 2 aromatic carbocycles. The monoisotopic (exact) mass is 296 g/mol. The summed E-state index contributed by atoms with van der Waals surface area (Å²) < 4.78 is 1.25. The first-order chi connectivity index (χ1) is 10.2. The highest BCUT2D eigenvalue weighted by Crippen LogP contribution is 2.23. The third-order valence-corrected chi connectivity index (χ3v) is 4.88. The SMILES string of the molecule is Cc1ccccc1CCC(N)Cc1nc2ccccc2s1. The molecule has 0 radical (unpaired) electrons. The van der Waals surface area contributed by atoms with Gasteiger partial charge in [-0.1, -0.05) is 36.4 Å². The molecule has 0 saturated heterocycles. The Bertz CT molecular complexity index is 700. The lowest BCUT2D eigenvalue weighted by Crippen LogP contribution is -2.23. The van der Waals surface area contributed by atoms with Gasteiger partial charge >= 0.3 is 0 Å². The van der Waals surface area contributed by atoms with Gasteiger partial charge in [-0.05, 0) is 43.0 Å². The normalized spacial score (nSPS) is 12.7. The zero-order chi connectivity index (χ0) is 14.7. The molecule has 3 aromatic rings. The van der Waals surface area contributed by atoms with Gasteiger partial charge < -0.3 is 5.73 Å². The van der Waals surface area contributed by atoms with Crippen LogP contribution in [0.3, 0.4) is 0 Å². The second-order valence-corrected chi connectivity index (χ2v) is 6.62. The lowest BCUT2D eigenvalue weighted by molar-refractivity contribution is 0.608. The minimum atomic E-state index is 0.171. The van der Waals surface area contributed by atoms with Crippen molar-refractivity contribution >= 4 is 21.6 Å². The van der Waals surface area contributed by atoms with E-state index in [-0.39, 0.29) is 6.04 Å². The average molecular weight is 296 g/mol. The lowest BCUT2D eigenvalue weighted by atomic mass is 10.0. The van der Waals surface area contributed by atoms with Gasteiger partial charge in [0, 0.05) is 12.5 Å². The highest BCUT2D eigenvalue weighted by Gasteiger charge is 2.09. The van der Waals surface area contributed by atoms with Gasteiger partial charge in [0.2, 0.25) is 0 Å². The molecule has 0 aliphatic carbocycles. The van der Waals surface area contributed by atoms with E-state index in [4.69, 9.17) is 5.73 Å². The van der Waals surface area contributed by atoms with E-state index in [1.54, 1.807) is 11.3 Å². The number of para-hydroxylation sites is 1. The predicted octanol–water partition coefficient (Wildman–Crippen LogP) is 4.11. The summed E-state index contributed by atoms with van der Waals surface area (Å²) in [6.45, 7) is 2.16. The molecule has 0 bridgehead atoms. The van der Waals surface area contributed by atoms with Crippen molar-refractivity contribution < 1.29 is 0 Å². The van der Waals surface area contributed by atoms with Crippen LogP contribution >= 0.6 is 11.3 Å². The Hall–Kier alpha value is -1.71. The Morgan fingerprint density at radius 1 is 1.10 bits per heavy atom. The fraction of sp³-hybridized carbons (Fsp3) is 0.278. The quantitative estimate of drug-likeness (QED) is 0.769. The number of fused-ring (bicyclic) bond motifs is 1. The van der Waals surface area contributed by atoms with Crippen LogP contribution in [0.2, 0.25) is 0 Å². The predicted molar refractivity (Wildman–Crippen MR) is 90.8 cm³/mol. The molecule has 3 heteroatoms. The maximum absolute atomic E-state index is 6.29. The number of nitrogens with zero attached hydrogens (tertiary/aromatic N) is 1. The Balaban J connectivity index is 1.61. The van der Waals surface area contributed by atoms with Crippen molar-refractivity contribution in [3.05, 3.63) is 64.7 Å². The van der Waals surface area contributed by atoms with Crippen molar-refractivity contribution in [3.63, 3.8) is 0 Å². The summed E-state index contributed by atoms with van der Waals surface area (Å²) in [5.41, 5.74) is 10.1. The van der Waals surface area contributed by atoms with Gasteiger partial charge in [0.15, 0.2) is 0 Å². The van der Waals surface area contributed by atoms with E-state index < -0.39 is 0 Å². The van der Waals surface area contributed by atoms with E-state index in [2.05, 4.69) is 54.4 Å². The Kier molecular flexibility index (Phi) is 4.32. The van der Waals surface area contributed by atoms with Gasteiger partial charge in [0.05, 0.1) is 15.2 Å². The molecular weight excluding hydrogens is 276 g/mol. The van der Waals surface area contributed by atoms with E-state index in [0.717, 1.165) is 29.8 Å². The summed E-state index contributed by atoms with van der Waals surface area (Å²) in [4.78, 5) is 4.66. The minimum absolute atomic E-state index is 0.171. The Morgan fingerprint density at radius 2 is 1.86 bits per heavy atom. The molecule has 3 rings (SSSR count). The maximum Gasteiger partial charge on any atom is 0.0954 e. The van der Waals surface area contributed by atoms with Crippen LogP contribution in [0.5, 0.6) is 0 Å². The van der Waals surface area contributed by atoms with Gasteiger partial charge in [-0.25, -0.2) is 4.98 Å². The second-order valence-electron chi connectivity index (χ2n) is 5.50. The molecule has 0 fully saturated rings. The van der Waals surface area contributed by atoms with E-state index in [9.17, 15) is 0 Å². The summed E-state index contributed by atoms with van der Waals surface area (Å²) in [5.74, 6) is 0. The summed E-state index contributed by atoms with van der Waals surface area (Å²) >= 11 is 1.76. The van der Waals surface area contributed by atoms with Gasteiger partial charge in [0.1, 0.15) is 0 Å². The van der Waals surface area contributed by atoms with Crippen molar-refractivity contribution in [1.82, 2.24) is 4.98 Å². The van der Waals surface area contributed by atoms with Gasteiger partial charge in [-0.15, -0.1) is 11.3 Å². The van der Waals surface area contributed by atoms with Crippen molar-refractivity contribution in [2.75, 3.05) is 0 Å². The van der Waals surface area contributed by atoms with Crippen molar-refractivity contribution in [1.29, 1.82) is 0 Å². The van der Waals surface area contributed by atoms with Crippen LogP contribution in [0.15, 0.2) is 48.5 Å². The first-order valence-electron chi connectivity index (χ1n) is 7.37. The molecule has 0 saturated carbocycles. The molecule has 21 heavy (non-hydrogen) atoms. The van der Waals surface area contributed by atoms with Gasteiger partial charge in [-0.3, -0.25) is 0 Å². The molecule has 2 N–H and O–H groups in total. The molecule has 1 unspecified atom stereocenters. The third kappa shape index (κ3) is 3.49. The van der Waals surface area contributed by atoms with E-state index in [1.165, 1.54) is 15.8 Å². The van der Waals surface area contributed by atoms with Crippen LogP contribution in [0.25, 0.3) is 10.2 Å². The zero-order valence-electron chi connectivity index (χ0n) is 12.3. The Labute approximate surface area is 129 Å². The van der Waals surface area contributed by atoms with Crippen LogP contribution in [0.4, 0.5) is 0 Å². The van der Waals surface area contributed by atoms with Crippen LogP contribution < -0.4 is 5.73 Å². The maximum atomic E-state index is 6.29. The Morgan fingerprint density at radius 3 is 2.67 bits per heavy atom. The molecule has 1 heterocycles. The van der Waals surface area contributed by atoms with Gasteiger partial charge in [-0.2, -0.15) is 0 Å². The fourth-order valence-corrected chi connectivity index (χ4v) is 3.63. The number of hydrogen-bond acceptors (Lipinski definition) is 3. The number of rotatable bonds is 5. The van der Waals surface area contributed by atoms with Crippen LogP contribution in [-0.2, 0) is 12.8 Å². The highest BCUT2D eigenvalue weighted by atomic mass is 32.1. The van der Waals surface area contributed by atoms with E-state index >= 15 is 0 Å². The highest BCUT2D eigenvalue weighted by molar-refractivity contribution is 7.18. The first-order valence-corrected chi connectivity index (χ1v) is 8.18. The second kappa shape index (κ2) is 6.37. The lowest BCUT2D eigenvalue weighted by Gasteiger charge is -2.11. The summed E-state index contributed by atoms with van der Waals surface area (Å²) in [6, 6.07) is 17.0. The number of hydrogen-bond donors (Lipinski definition) is 1. The van der Waals surface area contributed by atoms with Crippen molar-refractivity contribution in [2.45, 2.75) is 32.2 Å². The molecule has 1 aromatic heterocycles. The minimum Gasteiger partial charge on any atom is -0.327 e. The van der Waals surface area contributed by atoms with E-state index in [1.807, 2.05) is 6.07 Å². The molecule has 1 atom stereocenters.